The number of ether oxygens (including phenoxy) is 1. The summed E-state index contributed by atoms with van der Waals surface area (Å²) in [7, 11) is -4.84. The Kier molecular flexibility index (Phi) is 6.32. The van der Waals surface area contributed by atoms with Crippen molar-refractivity contribution >= 4 is 87.1 Å². The summed E-state index contributed by atoms with van der Waals surface area (Å²) in [4.78, 5) is 2.22. The highest BCUT2D eigenvalue weighted by Crippen LogP contribution is 2.47. The lowest BCUT2D eigenvalue weighted by Crippen LogP contribution is -2.76. The van der Waals surface area contributed by atoms with Crippen LogP contribution in [-0.2, 0) is 8.99 Å². The lowest BCUT2D eigenvalue weighted by atomic mass is 9.35. The first kappa shape index (κ1) is 28.5. The van der Waals surface area contributed by atoms with Crippen LogP contribution in [0.25, 0.3) is 0 Å². The van der Waals surface area contributed by atoms with Crippen molar-refractivity contribution in [1.29, 1.82) is 0 Å². The number of para-hydroxylation sites is 2. The number of halogens is 1. The van der Waals surface area contributed by atoms with Crippen molar-refractivity contribution in [1.82, 2.24) is 0 Å². The van der Waals surface area contributed by atoms with Gasteiger partial charge < -0.3 is 18.6 Å². The van der Waals surface area contributed by atoms with Crippen molar-refractivity contribution in [2.24, 2.45) is 0 Å². The lowest BCUT2D eigenvalue weighted by molar-refractivity contribution is 0.347. The zero-order valence-corrected chi connectivity index (χ0v) is 27.9. The number of methoxy groups -OCH3 is 1. The Bertz CT molecular complexity index is 2280. The summed E-state index contributed by atoms with van der Waals surface area (Å²) in [5, 5.41) is 5.38. The van der Waals surface area contributed by atoms with Gasteiger partial charge in [0.25, 0.3) is 8.32 Å². The van der Waals surface area contributed by atoms with Gasteiger partial charge in [-0.3, -0.25) is 0 Å². The van der Waals surface area contributed by atoms with Crippen molar-refractivity contribution in [3.05, 3.63) is 139 Å². The van der Waals surface area contributed by atoms with Crippen LogP contribution in [0.1, 0.15) is 6.92 Å². The summed E-state index contributed by atoms with van der Waals surface area (Å²) in [6, 6.07) is 44.0. The second kappa shape index (κ2) is 10.4. The Hall–Kier alpha value is -4.68. The molecule has 6 aromatic rings. The van der Waals surface area contributed by atoms with Gasteiger partial charge in [0.15, 0.2) is 7.14 Å². The Morgan fingerprint density at radius 1 is 0.745 bits per heavy atom. The molecule has 0 aliphatic carbocycles. The van der Waals surface area contributed by atoms with Crippen LogP contribution in [0.15, 0.2) is 133 Å². The van der Waals surface area contributed by atoms with Gasteiger partial charge in [-0.05, 0) is 58.6 Å². The van der Waals surface area contributed by atoms with Crippen LogP contribution < -0.4 is 57.5 Å². The third-order valence-corrected chi connectivity index (χ3v) is 17.4. The van der Waals surface area contributed by atoms with Crippen LogP contribution >= 0.6 is 7.14 Å². The number of fused-ring (bicyclic) bond motifs is 6. The van der Waals surface area contributed by atoms with Gasteiger partial charge in [0, 0.05) is 44.8 Å². The van der Waals surface area contributed by atoms with Crippen LogP contribution in [0, 0.1) is 5.82 Å². The first-order chi connectivity index (χ1) is 23.0. The van der Waals surface area contributed by atoms with Gasteiger partial charge in [0.05, 0.1) is 7.11 Å². The number of nitrogens with zero attached hydrogens (tertiary/aromatic N) is 1. The normalized spacial score (nSPS) is 19.7. The predicted molar refractivity (Wildman–Crippen MR) is 194 cm³/mol. The molecule has 6 aromatic carbocycles. The molecule has 0 radical (unpaired) electrons. The Morgan fingerprint density at radius 3 is 2.23 bits per heavy atom. The van der Waals surface area contributed by atoms with Gasteiger partial charge in [0.1, 0.15) is 11.6 Å². The largest absolute Gasteiger partial charge is 0.497 e. The molecule has 0 spiro atoms. The van der Waals surface area contributed by atoms with Crippen LogP contribution in [0.4, 0.5) is 21.5 Å². The number of hydrogen-bond donors (Lipinski definition) is 0. The van der Waals surface area contributed by atoms with Crippen LogP contribution in [0.3, 0.4) is 0 Å². The summed E-state index contributed by atoms with van der Waals surface area (Å²) in [6.45, 7) is 2.35. The Balaban J connectivity index is 1.42. The number of hydrogen-bond acceptors (Lipinski definition) is 4. The topological polar surface area (TPSA) is 38.8 Å². The number of anilines is 3. The van der Waals surface area contributed by atoms with Gasteiger partial charge in [0.2, 0.25) is 6.71 Å². The zero-order valence-electron chi connectivity index (χ0n) is 26.0. The molecule has 0 amide bonds. The summed E-state index contributed by atoms with van der Waals surface area (Å²) >= 11 is 0. The van der Waals surface area contributed by atoms with Crippen molar-refractivity contribution in [2.45, 2.75) is 6.92 Å². The second-order valence-electron chi connectivity index (χ2n) is 12.2. The minimum atomic E-state index is -3.43. The maximum atomic E-state index is 16.1. The first-order valence-electron chi connectivity index (χ1n) is 15.9. The van der Waals surface area contributed by atoms with Crippen LogP contribution in [0.2, 0.25) is 0 Å². The van der Waals surface area contributed by atoms with Gasteiger partial charge in [-0.2, -0.15) is 0 Å². The summed E-state index contributed by atoms with van der Waals surface area (Å²) < 4.78 is 44.5. The second-order valence-corrected chi connectivity index (χ2v) is 18.2. The molecule has 0 N–H and O–H groups in total. The minimum Gasteiger partial charge on any atom is -0.497 e. The molecular weight excluding hydrogens is 619 g/mol. The summed E-state index contributed by atoms with van der Waals surface area (Å²) in [5.41, 5.74) is 5.74. The molecule has 0 bridgehead atoms. The maximum absolute atomic E-state index is 16.1. The molecule has 4 nitrogen and oxygen atoms in total. The summed E-state index contributed by atoms with van der Waals surface area (Å²) in [5.74, 6) is 0.384. The molecule has 0 fully saturated rings. The third-order valence-electron chi connectivity index (χ3n) is 10.0. The van der Waals surface area contributed by atoms with Crippen molar-refractivity contribution in [3.8, 4) is 5.75 Å². The van der Waals surface area contributed by atoms with Crippen molar-refractivity contribution < 1.29 is 18.1 Å². The van der Waals surface area contributed by atoms with E-state index in [1.165, 1.54) is 6.07 Å². The SMILES string of the molecule is CCO[Si]1(c2ccc(OC)cc2)c2ccccc2N2c3cc(F)cc4c3B(c3ccccc3P4(=O)c3ccccc3)c3cccc1c32. The fraction of sp³-hybridized carbons (Fsp3) is 0.0769. The highest BCUT2D eigenvalue weighted by atomic mass is 31.2. The van der Waals surface area contributed by atoms with E-state index in [1.54, 1.807) is 13.2 Å². The Labute approximate surface area is 275 Å². The molecular formula is C39H30BFNO3PSi. The molecule has 2 unspecified atom stereocenters. The molecule has 0 aromatic heterocycles. The van der Waals surface area contributed by atoms with E-state index < -0.39 is 21.3 Å². The molecule has 2 atom stereocenters. The molecule has 0 saturated heterocycles. The van der Waals surface area contributed by atoms with E-state index >= 15 is 8.96 Å². The number of benzene rings is 6. The highest BCUT2D eigenvalue weighted by molar-refractivity contribution is 7.86. The molecule has 8 heteroatoms. The molecule has 228 valence electrons. The van der Waals surface area contributed by atoms with Crippen LogP contribution in [-0.4, -0.2) is 28.7 Å². The molecule has 3 aliphatic heterocycles. The average Bonchev–Trinajstić information content (AvgIpc) is 3.12. The fourth-order valence-electron chi connectivity index (χ4n) is 8.28. The predicted octanol–water partition coefficient (Wildman–Crippen LogP) is 3.40. The fourth-order valence-corrected chi connectivity index (χ4v) is 15.7. The molecule has 47 heavy (non-hydrogen) atoms. The average molecular weight is 650 g/mol. The minimum absolute atomic E-state index is 0.233. The van der Waals surface area contributed by atoms with Gasteiger partial charge in [-0.25, -0.2) is 4.39 Å². The van der Waals surface area contributed by atoms with E-state index in [0.717, 1.165) is 60.1 Å². The van der Waals surface area contributed by atoms with Gasteiger partial charge in [-0.1, -0.05) is 109 Å². The van der Waals surface area contributed by atoms with E-state index in [9.17, 15) is 0 Å². The first-order valence-corrected chi connectivity index (χ1v) is 19.5. The molecule has 3 heterocycles. The van der Waals surface area contributed by atoms with E-state index in [1.807, 2.05) is 66.7 Å². The number of rotatable bonds is 5. The monoisotopic (exact) mass is 649 g/mol. The molecule has 9 rings (SSSR count). The zero-order chi connectivity index (χ0) is 31.9. The van der Waals surface area contributed by atoms with E-state index in [2.05, 4.69) is 66.4 Å². The Morgan fingerprint density at radius 2 is 1.45 bits per heavy atom. The smallest absolute Gasteiger partial charge is 0.292 e. The standard InChI is InChI=1S/C39H30BFNO3PSi/c1-3-45-47(29-22-20-27(44-2)21-23-29)36-18-10-8-16-32(36)42-33-24-26(41)25-35-38(33)40(31-15-11-19-37(47)39(31)42)30-14-7-9-17-34(30)46(35,43)28-12-5-4-6-13-28/h4-25H,3H2,1-2H3. The van der Waals surface area contributed by atoms with E-state index in [-0.39, 0.29) is 6.71 Å². The lowest BCUT2D eigenvalue weighted by Gasteiger charge is -2.49. The molecule has 0 saturated carbocycles. The van der Waals surface area contributed by atoms with Crippen molar-refractivity contribution in [3.63, 3.8) is 0 Å². The highest BCUT2D eigenvalue weighted by Gasteiger charge is 2.55. The van der Waals surface area contributed by atoms with Gasteiger partial charge in [-0.15, -0.1) is 0 Å². The van der Waals surface area contributed by atoms with Crippen molar-refractivity contribution in [2.75, 3.05) is 18.6 Å². The third kappa shape index (κ3) is 3.70. The van der Waals surface area contributed by atoms with Crippen LogP contribution in [0.5, 0.6) is 5.75 Å². The van der Waals surface area contributed by atoms with E-state index in [4.69, 9.17) is 9.16 Å². The van der Waals surface area contributed by atoms with E-state index in [0.29, 0.717) is 17.2 Å². The quantitative estimate of drug-likeness (QED) is 0.212. The molecule has 3 aliphatic rings. The maximum Gasteiger partial charge on any atom is 0.292 e. The summed E-state index contributed by atoms with van der Waals surface area (Å²) in [6.07, 6.45) is 0. The van der Waals surface area contributed by atoms with Gasteiger partial charge >= 0.3 is 0 Å².